The lowest BCUT2D eigenvalue weighted by atomic mass is 10.2. The fourth-order valence-electron chi connectivity index (χ4n) is 2.81. The number of thioether (sulfide) groups is 1. The third-order valence-electron chi connectivity index (χ3n) is 3.90. The van der Waals surface area contributed by atoms with Crippen molar-refractivity contribution in [1.82, 2.24) is 4.57 Å². The Balaban J connectivity index is 1.68. The van der Waals surface area contributed by atoms with Crippen molar-refractivity contribution in [3.8, 4) is 0 Å². The lowest BCUT2D eigenvalue weighted by molar-refractivity contribution is -0.119. The minimum absolute atomic E-state index is 0.0190. The van der Waals surface area contributed by atoms with E-state index >= 15 is 0 Å². The van der Waals surface area contributed by atoms with E-state index in [1.54, 1.807) is 34.9 Å². The molecular weight excluding hydrogens is 312 g/mol. The number of fused-ring (bicyclic) bond motifs is 2. The standard InChI is InChI=1S/C17H14N2O3S/c20-16(18-9-10-23-15-8-4-2-6-13(15)18)11-19-12-5-1-3-7-14(12)22-17(19)21/h1-8H,9-11H2. The van der Waals surface area contributed by atoms with Crippen LogP contribution in [0.1, 0.15) is 0 Å². The number of benzene rings is 2. The van der Waals surface area contributed by atoms with Crippen LogP contribution in [0.5, 0.6) is 0 Å². The zero-order chi connectivity index (χ0) is 15.8. The van der Waals surface area contributed by atoms with Gasteiger partial charge >= 0.3 is 5.76 Å². The van der Waals surface area contributed by atoms with E-state index < -0.39 is 5.76 Å². The molecule has 0 bridgehead atoms. The average molecular weight is 326 g/mol. The summed E-state index contributed by atoms with van der Waals surface area (Å²) in [4.78, 5) is 27.6. The second-order valence-corrected chi connectivity index (χ2v) is 6.42. The van der Waals surface area contributed by atoms with Crippen molar-refractivity contribution in [1.29, 1.82) is 0 Å². The van der Waals surface area contributed by atoms with Crippen LogP contribution in [0.2, 0.25) is 0 Å². The first-order chi connectivity index (χ1) is 11.2. The number of hydrogen-bond donors (Lipinski definition) is 0. The number of anilines is 1. The fraction of sp³-hybridized carbons (Fsp3) is 0.176. The molecule has 1 aliphatic rings. The molecule has 0 unspecified atom stereocenters. The van der Waals surface area contributed by atoms with Crippen LogP contribution in [0.3, 0.4) is 0 Å². The van der Waals surface area contributed by atoms with Crippen molar-refractivity contribution in [2.45, 2.75) is 11.4 Å². The highest BCUT2D eigenvalue weighted by Crippen LogP contribution is 2.34. The molecule has 2 heterocycles. The Morgan fingerprint density at radius 3 is 2.83 bits per heavy atom. The molecule has 5 nitrogen and oxygen atoms in total. The molecular formula is C17H14N2O3S. The summed E-state index contributed by atoms with van der Waals surface area (Å²) in [5.74, 6) is 0.245. The molecule has 1 aliphatic heterocycles. The van der Waals surface area contributed by atoms with Crippen LogP contribution in [-0.4, -0.2) is 22.8 Å². The van der Waals surface area contributed by atoms with Crippen molar-refractivity contribution >= 4 is 34.5 Å². The number of carbonyl (C=O) groups excluding carboxylic acids is 1. The Morgan fingerprint density at radius 2 is 1.91 bits per heavy atom. The van der Waals surface area contributed by atoms with E-state index in [1.165, 1.54) is 4.57 Å². The highest BCUT2D eigenvalue weighted by Gasteiger charge is 2.24. The second kappa shape index (κ2) is 5.62. The Hall–Kier alpha value is -2.47. The van der Waals surface area contributed by atoms with E-state index in [4.69, 9.17) is 4.42 Å². The molecule has 0 saturated heterocycles. The molecule has 6 heteroatoms. The largest absolute Gasteiger partial charge is 0.420 e. The van der Waals surface area contributed by atoms with Gasteiger partial charge in [0.2, 0.25) is 5.91 Å². The molecule has 23 heavy (non-hydrogen) atoms. The minimum atomic E-state index is -0.501. The van der Waals surface area contributed by atoms with Crippen molar-refractivity contribution in [3.63, 3.8) is 0 Å². The monoisotopic (exact) mass is 326 g/mol. The van der Waals surface area contributed by atoms with E-state index in [0.717, 1.165) is 16.3 Å². The highest BCUT2D eigenvalue weighted by atomic mass is 32.2. The number of rotatable bonds is 2. The van der Waals surface area contributed by atoms with Crippen LogP contribution in [-0.2, 0) is 11.3 Å². The van der Waals surface area contributed by atoms with Crippen LogP contribution in [0.4, 0.5) is 5.69 Å². The number of para-hydroxylation sites is 3. The molecule has 3 aromatic rings. The summed E-state index contributed by atoms with van der Waals surface area (Å²) in [6.07, 6.45) is 0. The third-order valence-corrected chi connectivity index (χ3v) is 4.94. The van der Waals surface area contributed by atoms with Gasteiger partial charge in [-0.25, -0.2) is 4.79 Å². The van der Waals surface area contributed by atoms with Gasteiger partial charge in [0.05, 0.1) is 11.2 Å². The lowest BCUT2D eigenvalue weighted by Gasteiger charge is -2.29. The van der Waals surface area contributed by atoms with Gasteiger partial charge in [-0.3, -0.25) is 9.36 Å². The number of nitrogens with zero attached hydrogens (tertiary/aromatic N) is 2. The predicted octanol–water partition coefficient (Wildman–Crippen LogP) is 2.73. The molecule has 2 aromatic carbocycles. The molecule has 0 radical (unpaired) electrons. The molecule has 0 spiro atoms. The quantitative estimate of drug-likeness (QED) is 0.726. The SMILES string of the molecule is O=C(Cn1c(=O)oc2ccccc21)N1CCSc2ccccc21. The van der Waals surface area contributed by atoms with Gasteiger partial charge in [0.25, 0.3) is 0 Å². The van der Waals surface area contributed by atoms with E-state index in [2.05, 4.69) is 0 Å². The van der Waals surface area contributed by atoms with Gasteiger partial charge in [0.15, 0.2) is 5.58 Å². The molecule has 4 rings (SSSR count). The summed E-state index contributed by atoms with van der Waals surface area (Å²) < 4.78 is 6.58. The third kappa shape index (κ3) is 2.45. The molecule has 0 saturated carbocycles. The summed E-state index contributed by atoms with van der Waals surface area (Å²) >= 11 is 1.74. The zero-order valence-corrected chi connectivity index (χ0v) is 13.1. The van der Waals surface area contributed by atoms with Crippen LogP contribution in [0, 0.1) is 0 Å². The Morgan fingerprint density at radius 1 is 1.13 bits per heavy atom. The first-order valence-corrected chi connectivity index (χ1v) is 8.33. The number of hydrogen-bond acceptors (Lipinski definition) is 4. The first-order valence-electron chi connectivity index (χ1n) is 7.34. The van der Waals surface area contributed by atoms with Gasteiger partial charge in [0, 0.05) is 17.2 Å². The maximum atomic E-state index is 12.7. The van der Waals surface area contributed by atoms with Crippen LogP contribution in [0.15, 0.2) is 62.6 Å². The van der Waals surface area contributed by atoms with E-state index in [9.17, 15) is 9.59 Å². The number of oxazole rings is 1. The van der Waals surface area contributed by atoms with Crippen molar-refractivity contribution < 1.29 is 9.21 Å². The van der Waals surface area contributed by atoms with Gasteiger partial charge < -0.3 is 9.32 Å². The summed E-state index contributed by atoms with van der Waals surface area (Å²) in [6, 6.07) is 15.0. The molecule has 0 atom stereocenters. The van der Waals surface area contributed by atoms with Gasteiger partial charge in [-0.05, 0) is 24.3 Å². The number of amides is 1. The first kappa shape index (κ1) is 14.1. The molecule has 1 amide bonds. The normalized spacial score (nSPS) is 14.0. The van der Waals surface area contributed by atoms with Crippen LogP contribution >= 0.6 is 11.8 Å². The second-order valence-electron chi connectivity index (χ2n) is 5.28. The summed E-state index contributed by atoms with van der Waals surface area (Å²) in [6.45, 7) is 0.625. The van der Waals surface area contributed by atoms with Crippen LogP contribution in [0.25, 0.3) is 11.1 Å². The molecule has 0 N–H and O–H groups in total. The Bertz CT molecular complexity index is 944. The van der Waals surface area contributed by atoms with Crippen molar-refractivity contribution in [2.75, 3.05) is 17.2 Å². The molecule has 1 aromatic heterocycles. The van der Waals surface area contributed by atoms with E-state index in [0.29, 0.717) is 17.6 Å². The maximum absolute atomic E-state index is 12.7. The number of aromatic nitrogens is 1. The molecule has 116 valence electrons. The smallest absolute Gasteiger partial charge is 0.408 e. The van der Waals surface area contributed by atoms with Crippen molar-refractivity contribution in [2.24, 2.45) is 0 Å². The van der Waals surface area contributed by atoms with Gasteiger partial charge in [-0.1, -0.05) is 24.3 Å². The number of carbonyl (C=O) groups is 1. The Labute approximate surface area is 136 Å². The summed E-state index contributed by atoms with van der Waals surface area (Å²) in [7, 11) is 0. The average Bonchev–Trinajstić information content (AvgIpc) is 2.90. The lowest BCUT2D eigenvalue weighted by Crippen LogP contribution is -2.39. The van der Waals surface area contributed by atoms with Gasteiger partial charge in [-0.2, -0.15) is 0 Å². The maximum Gasteiger partial charge on any atom is 0.420 e. The molecule has 0 fully saturated rings. The minimum Gasteiger partial charge on any atom is -0.408 e. The van der Waals surface area contributed by atoms with Crippen molar-refractivity contribution in [3.05, 3.63) is 59.1 Å². The Kier molecular flexibility index (Phi) is 3.46. The zero-order valence-electron chi connectivity index (χ0n) is 12.3. The topological polar surface area (TPSA) is 55.5 Å². The predicted molar refractivity (Wildman–Crippen MR) is 90.0 cm³/mol. The molecule has 0 aliphatic carbocycles. The van der Waals surface area contributed by atoms with Crippen LogP contribution < -0.4 is 10.7 Å². The van der Waals surface area contributed by atoms with Gasteiger partial charge in [-0.15, -0.1) is 11.8 Å². The van der Waals surface area contributed by atoms with Gasteiger partial charge in [0.1, 0.15) is 6.54 Å². The highest BCUT2D eigenvalue weighted by molar-refractivity contribution is 7.99. The summed E-state index contributed by atoms with van der Waals surface area (Å²) in [5.41, 5.74) is 2.06. The van der Waals surface area contributed by atoms with E-state index in [1.807, 2.05) is 30.3 Å². The fourth-order valence-corrected chi connectivity index (χ4v) is 3.81. The summed E-state index contributed by atoms with van der Waals surface area (Å²) in [5, 5.41) is 0. The van der Waals surface area contributed by atoms with E-state index in [-0.39, 0.29) is 12.5 Å².